The van der Waals surface area contributed by atoms with Crippen molar-refractivity contribution in [1.29, 1.82) is 0 Å². The van der Waals surface area contributed by atoms with Crippen LogP contribution in [0.2, 0.25) is 5.15 Å². The van der Waals surface area contributed by atoms with Crippen molar-refractivity contribution in [2.24, 2.45) is 0 Å². The highest BCUT2D eigenvalue weighted by Gasteiger charge is 2.22. The molecule has 1 aromatic carbocycles. The van der Waals surface area contributed by atoms with Crippen molar-refractivity contribution >= 4 is 23.2 Å². The Balaban J connectivity index is 1.59. The molecule has 3 heterocycles. The Kier molecular flexibility index (Phi) is 4.90. The largest absolute Gasteiger partial charge is 0.455 e. The molecule has 0 radical (unpaired) electrons. The van der Waals surface area contributed by atoms with Crippen LogP contribution < -0.4 is 5.56 Å². The van der Waals surface area contributed by atoms with E-state index in [0.717, 1.165) is 11.4 Å². The number of para-hydroxylation sites is 1. The van der Waals surface area contributed by atoms with Gasteiger partial charge in [-0.2, -0.15) is 5.10 Å². The van der Waals surface area contributed by atoms with Crippen LogP contribution in [0, 0.1) is 13.8 Å². The van der Waals surface area contributed by atoms with Crippen LogP contribution in [0.15, 0.2) is 59.4 Å². The zero-order chi connectivity index (χ0) is 20.5. The lowest BCUT2D eigenvalue weighted by atomic mass is 10.2. The number of carbonyl (C=O) groups excluding carboxylic acids is 1. The second-order valence-corrected chi connectivity index (χ2v) is 6.88. The summed E-state index contributed by atoms with van der Waals surface area (Å²) in [7, 11) is 0. The Morgan fingerprint density at radius 1 is 1.10 bits per heavy atom. The van der Waals surface area contributed by atoms with Crippen molar-refractivity contribution in [3.63, 3.8) is 0 Å². The summed E-state index contributed by atoms with van der Waals surface area (Å²) in [6, 6.07) is 16.0. The molecule has 0 amide bonds. The molecular formula is C21H17ClN4O3. The van der Waals surface area contributed by atoms with Crippen LogP contribution in [0.25, 0.3) is 11.3 Å². The van der Waals surface area contributed by atoms with Crippen LogP contribution in [0.3, 0.4) is 0 Å². The maximum Gasteiger partial charge on any atom is 0.343 e. The van der Waals surface area contributed by atoms with Crippen molar-refractivity contribution in [3.05, 3.63) is 92.7 Å². The SMILES string of the molecule is Cc1nn(-c2ccccc2)c(Cl)c1C(=O)OCc1cc(=O)n2c(C)cccc2n1. The smallest absolute Gasteiger partial charge is 0.343 e. The van der Waals surface area contributed by atoms with Gasteiger partial charge in [0.25, 0.3) is 5.56 Å². The molecule has 0 saturated carbocycles. The molecule has 0 unspecified atom stereocenters. The van der Waals surface area contributed by atoms with Crippen LogP contribution >= 0.6 is 11.6 Å². The van der Waals surface area contributed by atoms with E-state index in [2.05, 4.69) is 10.1 Å². The Bertz CT molecular complexity index is 1280. The van der Waals surface area contributed by atoms with Gasteiger partial charge in [0.05, 0.1) is 17.1 Å². The summed E-state index contributed by atoms with van der Waals surface area (Å²) in [4.78, 5) is 29.4. The number of nitrogens with zero attached hydrogens (tertiary/aromatic N) is 4. The molecule has 7 nitrogen and oxygen atoms in total. The highest BCUT2D eigenvalue weighted by atomic mass is 35.5. The molecule has 3 aromatic heterocycles. The van der Waals surface area contributed by atoms with Crippen LogP contribution in [0.5, 0.6) is 0 Å². The van der Waals surface area contributed by atoms with Gasteiger partial charge in [-0.05, 0) is 38.1 Å². The topological polar surface area (TPSA) is 78.5 Å². The highest BCUT2D eigenvalue weighted by molar-refractivity contribution is 6.33. The van der Waals surface area contributed by atoms with E-state index >= 15 is 0 Å². The summed E-state index contributed by atoms with van der Waals surface area (Å²) in [5.74, 6) is -0.624. The van der Waals surface area contributed by atoms with E-state index < -0.39 is 5.97 Å². The van der Waals surface area contributed by atoms with Gasteiger partial charge in [0.1, 0.15) is 23.0 Å². The predicted molar refractivity (Wildman–Crippen MR) is 109 cm³/mol. The fourth-order valence-corrected chi connectivity index (χ4v) is 3.47. The van der Waals surface area contributed by atoms with Crippen molar-refractivity contribution in [3.8, 4) is 5.69 Å². The minimum absolute atomic E-state index is 0.148. The third-order valence-corrected chi connectivity index (χ3v) is 4.84. The molecule has 0 spiro atoms. The summed E-state index contributed by atoms with van der Waals surface area (Å²) in [6.07, 6.45) is 0. The molecule has 4 rings (SSSR count). The molecule has 0 bridgehead atoms. The summed E-state index contributed by atoms with van der Waals surface area (Å²) >= 11 is 6.39. The summed E-state index contributed by atoms with van der Waals surface area (Å²) in [5, 5.41) is 4.50. The molecule has 146 valence electrons. The normalized spacial score (nSPS) is 11.0. The first kappa shape index (κ1) is 18.9. The van der Waals surface area contributed by atoms with Crippen LogP contribution in [0.1, 0.15) is 27.4 Å². The number of pyridine rings is 1. The number of fused-ring (bicyclic) bond motifs is 1. The number of ether oxygens (including phenoxy) is 1. The fraction of sp³-hybridized carbons (Fsp3) is 0.143. The third kappa shape index (κ3) is 3.52. The zero-order valence-corrected chi connectivity index (χ0v) is 16.6. The first-order chi connectivity index (χ1) is 14.0. The average molecular weight is 409 g/mol. The molecule has 0 atom stereocenters. The summed E-state index contributed by atoms with van der Waals surface area (Å²) < 4.78 is 8.35. The maximum absolute atomic E-state index is 12.6. The van der Waals surface area contributed by atoms with Crippen LogP contribution in [-0.2, 0) is 11.3 Å². The van der Waals surface area contributed by atoms with E-state index in [1.165, 1.54) is 15.1 Å². The Hall–Kier alpha value is -3.45. The van der Waals surface area contributed by atoms with Crippen LogP contribution in [0.4, 0.5) is 0 Å². The van der Waals surface area contributed by atoms with Gasteiger partial charge in [0.15, 0.2) is 0 Å². The average Bonchev–Trinajstić information content (AvgIpc) is 3.01. The molecule has 0 aliphatic carbocycles. The zero-order valence-electron chi connectivity index (χ0n) is 15.8. The molecule has 0 saturated heterocycles. The Morgan fingerprint density at radius 2 is 1.86 bits per heavy atom. The highest BCUT2D eigenvalue weighted by Crippen LogP contribution is 2.24. The molecule has 0 aliphatic rings. The number of esters is 1. The van der Waals surface area contributed by atoms with Gasteiger partial charge in [-0.1, -0.05) is 35.9 Å². The van der Waals surface area contributed by atoms with Crippen LogP contribution in [-0.4, -0.2) is 25.1 Å². The molecule has 8 heteroatoms. The summed E-state index contributed by atoms with van der Waals surface area (Å²) in [6.45, 7) is 3.36. The number of aromatic nitrogens is 4. The minimum atomic E-state index is -0.624. The monoisotopic (exact) mass is 408 g/mol. The first-order valence-electron chi connectivity index (χ1n) is 8.91. The van der Waals surface area contributed by atoms with E-state index in [4.69, 9.17) is 16.3 Å². The van der Waals surface area contributed by atoms with Crippen molar-refractivity contribution in [1.82, 2.24) is 19.2 Å². The molecular weight excluding hydrogens is 392 g/mol. The van der Waals surface area contributed by atoms with Gasteiger partial charge < -0.3 is 4.74 Å². The molecule has 0 fully saturated rings. The molecule has 29 heavy (non-hydrogen) atoms. The molecule has 4 aromatic rings. The third-order valence-electron chi connectivity index (χ3n) is 4.49. The van der Waals surface area contributed by atoms with E-state index in [0.29, 0.717) is 17.0 Å². The number of rotatable bonds is 4. The standard InChI is InChI=1S/C21H17ClN4O3/c1-13-7-6-10-17-23-15(11-18(27)25(13)17)12-29-21(28)19-14(2)24-26(20(19)22)16-8-4-3-5-9-16/h3-11H,12H2,1-2H3. The van der Waals surface area contributed by atoms with Gasteiger partial charge in [0, 0.05) is 11.8 Å². The molecule has 0 aliphatic heterocycles. The predicted octanol–water partition coefficient (Wildman–Crippen LogP) is 3.51. The van der Waals surface area contributed by atoms with Gasteiger partial charge >= 0.3 is 5.97 Å². The van der Waals surface area contributed by atoms with Gasteiger partial charge in [-0.15, -0.1) is 0 Å². The Labute approximate surface area is 171 Å². The summed E-state index contributed by atoms with van der Waals surface area (Å²) in [5.41, 5.74) is 2.77. The maximum atomic E-state index is 12.6. The van der Waals surface area contributed by atoms with Gasteiger partial charge in [0.2, 0.25) is 0 Å². The lowest BCUT2D eigenvalue weighted by Crippen LogP contribution is -2.18. The fourth-order valence-electron chi connectivity index (χ4n) is 3.12. The quantitative estimate of drug-likeness (QED) is 0.483. The molecule has 0 N–H and O–H groups in total. The van der Waals surface area contributed by atoms with Gasteiger partial charge in [-0.25, -0.2) is 14.5 Å². The van der Waals surface area contributed by atoms with E-state index in [1.54, 1.807) is 13.0 Å². The van der Waals surface area contributed by atoms with Crippen molar-refractivity contribution in [2.45, 2.75) is 20.5 Å². The lowest BCUT2D eigenvalue weighted by Gasteiger charge is -2.08. The first-order valence-corrected chi connectivity index (χ1v) is 9.29. The Morgan fingerprint density at radius 3 is 2.62 bits per heavy atom. The number of benzene rings is 1. The number of hydrogen-bond acceptors (Lipinski definition) is 5. The van der Waals surface area contributed by atoms with E-state index in [1.807, 2.05) is 49.4 Å². The second-order valence-electron chi connectivity index (χ2n) is 6.52. The second kappa shape index (κ2) is 7.52. The van der Waals surface area contributed by atoms with E-state index in [9.17, 15) is 9.59 Å². The number of hydrogen-bond donors (Lipinski definition) is 0. The number of halogens is 1. The number of carbonyl (C=O) groups is 1. The lowest BCUT2D eigenvalue weighted by molar-refractivity contribution is 0.0467. The van der Waals surface area contributed by atoms with Crippen molar-refractivity contribution in [2.75, 3.05) is 0 Å². The minimum Gasteiger partial charge on any atom is -0.455 e. The van der Waals surface area contributed by atoms with E-state index in [-0.39, 0.29) is 22.9 Å². The number of aryl methyl sites for hydroxylation is 2. The van der Waals surface area contributed by atoms with Crippen molar-refractivity contribution < 1.29 is 9.53 Å². The van der Waals surface area contributed by atoms with Gasteiger partial charge in [-0.3, -0.25) is 9.20 Å².